The monoisotopic (exact) mass is 396 g/mol. The highest BCUT2D eigenvalue weighted by Gasteiger charge is 2.09. The molecule has 0 saturated heterocycles. The van der Waals surface area contributed by atoms with Crippen molar-refractivity contribution in [1.82, 2.24) is 0 Å². The molecule has 0 aromatic heterocycles. The second-order valence-electron chi connectivity index (χ2n) is 7.67. The van der Waals surface area contributed by atoms with Gasteiger partial charge in [0.1, 0.15) is 6.10 Å². The average Bonchev–Trinajstić information content (AvgIpc) is 2.66. The van der Waals surface area contributed by atoms with Crippen LogP contribution in [0, 0.1) is 0 Å². The van der Waals surface area contributed by atoms with Gasteiger partial charge in [-0.1, -0.05) is 70.9 Å². The summed E-state index contributed by atoms with van der Waals surface area (Å²) in [6.45, 7) is 6.36. The van der Waals surface area contributed by atoms with Crippen LogP contribution < -0.4 is 0 Å². The second kappa shape index (κ2) is 20.4. The van der Waals surface area contributed by atoms with Crippen molar-refractivity contribution >= 4 is 11.9 Å². The molecule has 0 amide bonds. The minimum absolute atomic E-state index is 0.0303. The largest absolute Gasteiger partial charge is 0.466 e. The SMILES string of the molecule is CCCCCC[C@H](CC=CCCCCCCCC(=O)OCCCC)OC(C)=O. The highest BCUT2D eigenvalue weighted by Crippen LogP contribution is 2.13. The number of carbonyl (C=O) groups excluding carboxylic acids is 2. The molecule has 0 fully saturated rings. The Hall–Kier alpha value is -1.32. The summed E-state index contributed by atoms with van der Waals surface area (Å²) in [5.41, 5.74) is 0. The number of hydrogen-bond donors (Lipinski definition) is 0. The first kappa shape index (κ1) is 26.7. The van der Waals surface area contributed by atoms with Gasteiger partial charge in [-0.2, -0.15) is 0 Å². The maximum atomic E-state index is 11.5. The maximum absolute atomic E-state index is 11.5. The fourth-order valence-corrected chi connectivity index (χ4v) is 3.09. The van der Waals surface area contributed by atoms with E-state index >= 15 is 0 Å². The Morgan fingerprint density at radius 3 is 2.21 bits per heavy atom. The minimum atomic E-state index is -0.178. The van der Waals surface area contributed by atoms with E-state index in [0.717, 1.165) is 51.4 Å². The van der Waals surface area contributed by atoms with Crippen molar-refractivity contribution in [1.29, 1.82) is 0 Å². The zero-order valence-corrected chi connectivity index (χ0v) is 18.7. The molecule has 0 N–H and O–H groups in total. The summed E-state index contributed by atoms with van der Waals surface area (Å²) >= 11 is 0. The summed E-state index contributed by atoms with van der Waals surface area (Å²) < 4.78 is 10.6. The lowest BCUT2D eigenvalue weighted by molar-refractivity contribution is -0.146. The van der Waals surface area contributed by atoms with Gasteiger partial charge in [0.2, 0.25) is 0 Å². The lowest BCUT2D eigenvalue weighted by atomic mass is 10.1. The fourth-order valence-electron chi connectivity index (χ4n) is 3.09. The van der Waals surface area contributed by atoms with E-state index in [2.05, 4.69) is 26.0 Å². The van der Waals surface area contributed by atoms with E-state index < -0.39 is 0 Å². The Morgan fingerprint density at radius 2 is 1.50 bits per heavy atom. The van der Waals surface area contributed by atoms with Crippen molar-refractivity contribution in [3.63, 3.8) is 0 Å². The summed E-state index contributed by atoms with van der Waals surface area (Å²) in [6.07, 6.45) is 20.2. The van der Waals surface area contributed by atoms with Gasteiger partial charge in [-0.15, -0.1) is 0 Å². The minimum Gasteiger partial charge on any atom is -0.466 e. The van der Waals surface area contributed by atoms with Crippen molar-refractivity contribution in [3.8, 4) is 0 Å². The van der Waals surface area contributed by atoms with Crippen LogP contribution in [0.15, 0.2) is 12.2 Å². The smallest absolute Gasteiger partial charge is 0.305 e. The molecule has 0 saturated carbocycles. The van der Waals surface area contributed by atoms with Gasteiger partial charge in [0.05, 0.1) is 6.61 Å². The number of ether oxygens (including phenoxy) is 2. The fraction of sp³-hybridized carbons (Fsp3) is 0.833. The topological polar surface area (TPSA) is 52.6 Å². The first-order valence-electron chi connectivity index (χ1n) is 11.6. The molecular formula is C24H44O4. The van der Waals surface area contributed by atoms with Crippen molar-refractivity contribution < 1.29 is 19.1 Å². The van der Waals surface area contributed by atoms with Crippen molar-refractivity contribution in [2.45, 2.75) is 123 Å². The predicted molar refractivity (Wildman–Crippen MR) is 116 cm³/mol. The maximum Gasteiger partial charge on any atom is 0.305 e. The molecule has 0 bridgehead atoms. The molecule has 0 aliphatic carbocycles. The van der Waals surface area contributed by atoms with E-state index in [4.69, 9.17) is 9.47 Å². The molecule has 0 rings (SSSR count). The molecule has 0 aromatic rings. The van der Waals surface area contributed by atoms with Gasteiger partial charge in [0.15, 0.2) is 0 Å². The van der Waals surface area contributed by atoms with Gasteiger partial charge in [-0.3, -0.25) is 9.59 Å². The lowest BCUT2D eigenvalue weighted by Gasteiger charge is -2.15. The molecule has 0 spiro atoms. The summed E-state index contributed by atoms with van der Waals surface area (Å²) in [5, 5.41) is 0. The molecule has 0 unspecified atom stereocenters. The first-order valence-corrected chi connectivity index (χ1v) is 11.6. The van der Waals surface area contributed by atoms with Crippen LogP contribution in [-0.2, 0) is 19.1 Å². The molecule has 0 aliphatic heterocycles. The van der Waals surface area contributed by atoms with Gasteiger partial charge in [0, 0.05) is 19.8 Å². The molecule has 28 heavy (non-hydrogen) atoms. The van der Waals surface area contributed by atoms with E-state index in [-0.39, 0.29) is 18.0 Å². The zero-order valence-electron chi connectivity index (χ0n) is 18.7. The average molecular weight is 397 g/mol. The summed E-state index contributed by atoms with van der Waals surface area (Å²) in [7, 11) is 0. The van der Waals surface area contributed by atoms with Crippen LogP contribution in [0.3, 0.4) is 0 Å². The molecule has 0 heterocycles. The van der Waals surface area contributed by atoms with Crippen LogP contribution in [0.25, 0.3) is 0 Å². The van der Waals surface area contributed by atoms with E-state index in [9.17, 15) is 9.59 Å². The van der Waals surface area contributed by atoms with Crippen LogP contribution >= 0.6 is 0 Å². The Balaban J connectivity index is 3.64. The molecule has 0 radical (unpaired) electrons. The van der Waals surface area contributed by atoms with E-state index in [1.165, 1.54) is 45.4 Å². The van der Waals surface area contributed by atoms with Gasteiger partial charge in [-0.25, -0.2) is 0 Å². The molecule has 164 valence electrons. The van der Waals surface area contributed by atoms with Gasteiger partial charge < -0.3 is 9.47 Å². The van der Waals surface area contributed by atoms with E-state index in [1.807, 2.05) is 0 Å². The van der Waals surface area contributed by atoms with Crippen molar-refractivity contribution in [2.24, 2.45) is 0 Å². The standard InChI is InChI=1S/C24H44O4/c1-4-6-8-15-18-23(28-22(3)25)19-16-13-11-9-10-12-14-17-20-24(26)27-21-7-5-2/h13,16,23H,4-12,14-15,17-21H2,1-3H3/t23-/m1/s1. The number of carbonyl (C=O) groups is 2. The van der Waals surface area contributed by atoms with Crippen LogP contribution in [-0.4, -0.2) is 24.6 Å². The molecule has 4 heteroatoms. The van der Waals surface area contributed by atoms with Gasteiger partial charge >= 0.3 is 11.9 Å². The molecule has 1 atom stereocenters. The lowest BCUT2D eigenvalue weighted by Crippen LogP contribution is -2.15. The third-order valence-corrected chi connectivity index (χ3v) is 4.79. The molecule has 4 nitrogen and oxygen atoms in total. The summed E-state index contributed by atoms with van der Waals surface area (Å²) in [4.78, 5) is 22.7. The molecular weight excluding hydrogens is 352 g/mol. The summed E-state index contributed by atoms with van der Waals surface area (Å²) in [6, 6.07) is 0. The summed E-state index contributed by atoms with van der Waals surface area (Å²) in [5.74, 6) is -0.225. The number of esters is 2. The van der Waals surface area contributed by atoms with Crippen LogP contribution in [0.4, 0.5) is 0 Å². The Morgan fingerprint density at radius 1 is 0.821 bits per heavy atom. The van der Waals surface area contributed by atoms with Crippen molar-refractivity contribution in [3.05, 3.63) is 12.2 Å². The Kier molecular flexibility index (Phi) is 19.5. The number of hydrogen-bond acceptors (Lipinski definition) is 4. The normalized spacial score (nSPS) is 12.2. The predicted octanol–water partition coefficient (Wildman–Crippen LogP) is 6.91. The Bertz CT molecular complexity index is 403. The Labute approximate surface area is 173 Å². The highest BCUT2D eigenvalue weighted by molar-refractivity contribution is 5.69. The third-order valence-electron chi connectivity index (χ3n) is 4.79. The van der Waals surface area contributed by atoms with E-state index in [1.54, 1.807) is 0 Å². The number of rotatable bonds is 19. The van der Waals surface area contributed by atoms with Gasteiger partial charge in [0.25, 0.3) is 0 Å². The second-order valence-corrected chi connectivity index (χ2v) is 7.67. The zero-order chi connectivity index (χ0) is 20.9. The van der Waals surface area contributed by atoms with Gasteiger partial charge in [-0.05, 0) is 38.5 Å². The highest BCUT2D eigenvalue weighted by atomic mass is 16.5. The van der Waals surface area contributed by atoms with E-state index in [0.29, 0.717) is 13.0 Å². The van der Waals surface area contributed by atoms with Crippen molar-refractivity contribution in [2.75, 3.05) is 6.61 Å². The van der Waals surface area contributed by atoms with Crippen LogP contribution in [0.2, 0.25) is 0 Å². The number of unbranched alkanes of at least 4 members (excludes halogenated alkanes) is 9. The molecule has 0 aromatic carbocycles. The van der Waals surface area contributed by atoms with Crippen LogP contribution in [0.5, 0.6) is 0 Å². The number of allylic oxidation sites excluding steroid dienone is 1. The third kappa shape index (κ3) is 19.4. The molecule has 0 aliphatic rings. The quantitative estimate of drug-likeness (QED) is 0.135. The van der Waals surface area contributed by atoms with Crippen LogP contribution in [0.1, 0.15) is 117 Å². The first-order chi connectivity index (χ1) is 13.6.